The van der Waals surface area contributed by atoms with Gasteiger partial charge < -0.3 is 15.2 Å². The molecule has 0 spiro atoms. The molecule has 118 valence electrons. The molecule has 0 bridgehead atoms. The normalized spacial score (nSPS) is 21.0. The Bertz CT molecular complexity index is 450. The Hall–Kier alpha value is -1.26. The molecule has 1 aromatic carbocycles. The van der Waals surface area contributed by atoms with Crippen molar-refractivity contribution in [2.45, 2.75) is 44.7 Å². The standard InChI is InChI=1S/C17H28N2O2/c1-4-13-7-5-6-10-19(13)16(12-18)15-11-14(20-2)8-9-17(15)21-3/h8-9,11,13,16H,4-7,10,12,18H2,1-3H3. The van der Waals surface area contributed by atoms with Crippen LogP contribution in [0.1, 0.15) is 44.2 Å². The van der Waals surface area contributed by atoms with Gasteiger partial charge in [0, 0.05) is 18.2 Å². The number of benzene rings is 1. The number of methoxy groups -OCH3 is 2. The Kier molecular flexibility index (Phi) is 5.88. The van der Waals surface area contributed by atoms with Gasteiger partial charge in [-0.2, -0.15) is 0 Å². The topological polar surface area (TPSA) is 47.7 Å². The minimum Gasteiger partial charge on any atom is -0.497 e. The van der Waals surface area contributed by atoms with Crippen LogP contribution in [0.15, 0.2) is 18.2 Å². The molecule has 1 fully saturated rings. The van der Waals surface area contributed by atoms with Crippen LogP contribution in [0.2, 0.25) is 0 Å². The first kappa shape index (κ1) is 16.1. The van der Waals surface area contributed by atoms with Crippen LogP contribution in [-0.4, -0.2) is 38.3 Å². The van der Waals surface area contributed by atoms with E-state index in [0.717, 1.165) is 23.6 Å². The molecule has 0 aromatic heterocycles. The van der Waals surface area contributed by atoms with E-state index in [1.807, 2.05) is 12.1 Å². The fraction of sp³-hybridized carbons (Fsp3) is 0.647. The largest absolute Gasteiger partial charge is 0.497 e. The van der Waals surface area contributed by atoms with Gasteiger partial charge >= 0.3 is 0 Å². The summed E-state index contributed by atoms with van der Waals surface area (Å²) in [6.07, 6.45) is 5.00. The molecule has 1 aliphatic rings. The number of nitrogens with two attached hydrogens (primary N) is 1. The van der Waals surface area contributed by atoms with Crippen LogP contribution in [0.5, 0.6) is 11.5 Å². The van der Waals surface area contributed by atoms with E-state index in [0.29, 0.717) is 12.6 Å². The van der Waals surface area contributed by atoms with Crippen molar-refractivity contribution in [1.29, 1.82) is 0 Å². The van der Waals surface area contributed by atoms with Crippen molar-refractivity contribution in [3.05, 3.63) is 23.8 Å². The van der Waals surface area contributed by atoms with Crippen molar-refractivity contribution < 1.29 is 9.47 Å². The Morgan fingerprint density at radius 3 is 2.71 bits per heavy atom. The zero-order valence-electron chi connectivity index (χ0n) is 13.5. The van der Waals surface area contributed by atoms with E-state index in [4.69, 9.17) is 15.2 Å². The number of piperidine rings is 1. The van der Waals surface area contributed by atoms with Crippen LogP contribution in [0.3, 0.4) is 0 Å². The van der Waals surface area contributed by atoms with E-state index in [9.17, 15) is 0 Å². The van der Waals surface area contributed by atoms with Crippen molar-refractivity contribution in [3.63, 3.8) is 0 Å². The maximum atomic E-state index is 6.13. The van der Waals surface area contributed by atoms with E-state index in [-0.39, 0.29) is 6.04 Å². The molecule has 2 unspecified atom stereocenters. The predicted molar refractivity (Wildman–Crippen MR) is 86.0 cm³/mol. The predicted octanol–water partition coefficient (Wildman–Crippen LogP) is 2.97. The SMILES string of the molecule is CCC1CCCCN1C(CN)c1cc(OC)ccc1OC. The van der Waals surface area contributed by atoms with Gasteiger partial charge in [0.05, 0.1) is 20.3 Å². The summed E-state index contributed by atoms with van der Waals surface area (Å²) in [6.45, 7) is 3.97. The highest BCUT2D eigenvalue weighted by Gasteiger charge is 2.29. The van der Waals surface area contributed by atoms with Gasteiger partial charge in [-0.15, -0.1) is 0 Å². The minimum atomic E-state index is 0.195. The van der Waals surface area contributed by atoms with Crippen molar-refractivity contribution in [2.75, 3.05) is 27.3 Å². The summed E-state index contributed by atoms with van der Waals surface area (Å²) < 4.78 is 10.9. The van der Waals surface area contributed by atoms with Crippen LogP contribution >= 0.6 is 0 Å². The second-order valence-corrected chi connectivity index (χ2v) is 5.66. The lowest BCUT2D eigenvalue weighted by Crippen LogP contribution is -2.44. The van der Waals surface area contributed by atoms with Crippen molar-refractivity contribution in [2.24, 2.45) is 5.73 Å². The number of hydrogen-bond donors (Lipinski definition) is 1. The molecular formula is C17H28N2O2. The Labute approximate surface area is 128 Å². The van der Waals surface area contributed by atoms with Crippen LogP contribution in [-0.2, 0) is 0 Å². The smallest absolute Gasteiger partial charge is 0.123 e. The molecule has 2 N–H and O–H groups in total. The fourth-order valence-electron chi connectivity index (χ4n) is 3.41. The highest BCUT2D eigenvalue weighted by molar-refractivity contribution is 5.42. The minimum absolute atomic E-state index is 0.195. The first-order valence-electron chi connectivity index (χ1n) is 7.92. The highest BCUT2D eigenvalue weighted by atomic mass is 16.5. The molecule has 0 radical (unpaired) electrons. The molecule has 4 nitrogen and oxygen atoms in total. The molecule has 1 saturated heterocycles. The maximum Gasteiger partial charge on any atom is 0.123 e. The van der Waals surface area contributed by atoms with Crippen LogP contribution in [0, 0.1) is 0 Å². The second-order valence-electron chi connectivity index (χ2n) is 5.66. The van der Waals surface area contributed by atoms with E-state index >= 15 is 0 Å². The third-order valence-corrected chi connectivity index (χ3v) is 4.56. The molecule has 0 amide bonds. The van der Waals surface area contributed by atoms with Gasteiger partial charge in [0.2, 0.25) is 0 Å². The lowest BCUT2D eigenvalue weighted by molar-refractivity contribution is 0.0934. The molecule has 2 atom stereocenters. The molecule has 2 rings (SSSR count). The number of likely N-dealkylation sites (tertiary alicyclic amines) is 1. The first-order valence-corrected chi connectivity index (χ1v) is 7.92. The van der Waals surface area contributed by atoms with Gasteiger partial charge in [-0.3, -0.25) is 4.90 Å². The molecule has 1 aliphatic heterocycles. The molecule has 1 heterocycles. The molecular weight excluding hydrogens is 264 g/mol. The lowest BCUT2D eigenvalue weighted by atomic mass is 9.94. The molecule has 21 heavy (non-hydrogen) atoms. The maximum absolute atomic E-state index is 6.13. The van der Waals surface area contributed by atoms with Crippen molar-refractivity contribution >= 4 is 0 Å². The average molecular weight is 292 g/mol. The summed E-state index contributed by atoms with van der Waals surface area (Å²) in [7, 11) is 3.41. The highest BCUT2D eigenvalue weighted by Crippen LogP contribution is 2.36. The van der Waals surface area contributed by atoms with Crippen molar-refractivity contribution in [3.8, 4) is 11.5 Å². The molecule has 4 heteroatoms. The third-order valence-electron chi connectivity index (χ3n) is 4.56. The van der Waals surface area contributed by atoms with E-state index in [1.165, 1.54) is 25.7 Å². The van der Waals surface area contributed by atoms with E-state index < -0.39 is 0 Å². The summed E-state index contributed by atoms with van der Waals surface area (Å²) in [5.41, 5.74) is 7.27. The summed E-state index contributed by atoms with van der Waals surface area (Å²) in [5.74, 6) is 1.75. The number of nitrogens with zero attached hydrogens (tertiary/aromatic N) is 1. The summed E-state index contributed by atoms with van der Waals surface area (Å²) in [4.78, 5) is 2.56. The van der Waals surface area contributed by atoms with Gasteiger partial charge in [-0.05, 0) is 44.0 Å². The van der Waals surface area contributed by atoms with E-state index in [2.05, 4.69) is 17.9 Å². The third kappa shape index (κ3) is 3.50. The quantitative estimate of drug-likeness (QED) is 0.875. The zero-order chi connectivity index (χ0) is 15.2. The van der Waals surface area contributed by atoms with Gasteiger partial charge in [0.1, 0.15) is 11.5 Å². The van der Waals surface area contributed by atoms with Crippen LogP contribution < -0.4 is 15.2 Å². The number of hydrogen-bond acceptors (Lipinski definition) is 4. The van der Waals surface area contributed by atoms with Gasteiger partial charge in [-0.1, -0.05) is 13.3 Å². The van der Waals surface area contributed by atoms with E-state index in [1.54, 1.807) is 14.2 Å². The molecule has 0 aliphatic carbocycles. The van der Waals surface area contributed by atoms with Crippen LogP contribution in [0.4, 0.5) is 0 Å². The number of ether oxygens (including phenoxy) is 2. The Morgan fingerprint density at radius 1 is 1.29 bits per heavy atom. The van der Waals surface area contributed by atoms with Gasteiger partial charge in [-0.25, -0.2) is 0 Å². The lowest BCUT2D eigenvalue weighted by Gasteiger charge is -2.41. The summed E-state index contributed by atoms with van der Waals surface area (Å²) in [6, 6.07) is 6.78. The summed E-state index contributed by atoms with van der Waals surface area (Å²) in [5, 5.41) is 0. The van der Waals surface area contributed by atoms with Gasteiger partial charge in [0.25, 0.3) is 0 Å². The van der Waals surface area contributed by atoms with Gasteiger partial charge in [0.15, 0.2) is 0 Å². The van der Waals surface area contributed by atoms with Crippen LogP contribution in [0.25, 0.3) is 0 Å². The molecule has 1 aromatic rings. The average Bonchev–Trinajstić information content (AvgIpc) is 2.55. The summed E-state index contributed by atoms with van der Waals surface area (Å²) >= 11 is 0. The second kappa shape index (κ2) is 7.66. The Balaban J connectivity index is 2.35. The monoisotopic (exact) mass is 292 g/mol. The van der Waals surface area contributed by atoms with Crippen molar-refractivity contribution in [1.82, 2.24) is 4.90 Å². The zero-order valence-corrected chi connectivity index (χ0v) is 13.5. The number of rotatable bonds is 6. The first-order chi connectivity index (χ1) is 10.2. The fourth-order valence-corrected chi connectivity index (χ4v) is 3.41. The Morgan fingerprint density at radius 2 is 2.10 bits per heavy atom. The molecule has 0 saturated carbocycles.